The minimum absolute atomic E-state index is 0.0862. The van der Waals surface area contributed by atoms with Gasteiger partial charge in [-0.3, -0.25) is 9.59 Å². The minimum Gasteiger partial charge on any atom is -0.288 e. The first-order valence-electron chi connectivity index (χ1n) is 4.82. The molecule has 1 heterocycles. The summed E-state index contributed by atoms with van der Waals surface area (Å²) < 4.78 is 0. The second kappa shape index (κ2) is 3.14. The van der Waals surface area contributed by atoms with Crippen LogP contribution in [0, 0.1) is 13.8 Å². The summed E-state index contributed by atoms with van der Waals surface area (Å²) in [5.41, 5.74) is 2.46. The molecule has 0 atom stereocenters. The van der Waals surface area contributed by atoms with Crippen LogP contribution in [0.1, 0.15) is 44.3 Å². The van der Waals surface area contributed by atoms with Crippen LogP contribution >= 0.6 is 11.3 Å². The Labute approximate surface area is 92.6 Å². The number of aryl methyl sites for hydroxylation is 2. The summed E-state index contributed by atoms with van der Waals surface area (Å²) >= 11 is 1.53. The van der Waals surface area contributed by atoms with Crippen molar-refractivity contribution in [1.82, 2.24) is 0 Å². The standard InChI is InChI=1S/C12H12O2S/c1-5(2)8-11(13)9-6(3)15-7(4)10(9)12(8)14/h1-4H3. The van der Waals surface area contributed by atoms with Crippen molar-refractivity contribution in [2.45, 2.75) is 27.7 Å². The Morgan fingerprint density at radius 1 is 0.933 bits per heavy atom. The van der Waals surface area contributed by atoms with Crippen LogP contribution in [0.4, 0.5) is 0 Å². The maximum Gasteiger partial charge on any atom is 0.198 e. The predicted octanol–water partition coefficient (Wildman–Crippen LogP) is 3.08. The molecule has 0 aliphatic heterocycles. The van der Waals surface area contributed by atoms with Gasteiger partial charge in [0.25, 0.3) is 0 Å². The van der Waals surface area contributed by atoms with Gasteiger partial charge < -0.3 is 0 Å². The molecule has 0 bridgehead atoms. The summed E-state index contributed by atoms with van der Waals surface area (Å²) in [7, 11) is 0. The van der Waals surface area contributed by atoms with E-state index in [0.717, 1.165) is 15.3 Å². The highest BCUT2D eigenvalue weighted by Crippen LogP contribution is 2.37. The monoisotopic (exact) mass is 220 g/mol. The third-order valence-corrected chi connectivity index (χ3v) is 3.69. The second-order valence-electron chi connectivity index (χ2n) is 4.00. The number of hydrogen-bond donors (Lipinski definition) is 0. The molecule has 0 saturated carbocycles. The quantitative estimate of drug-likeness (QED) is 0.497. The van der Waals surface area contributed by atoms with Crippen LogP contribution in [-0.2, 0) is 0 Å². The van der Waals surface area contributed by atoms with E-state index in [1.165, 1.54) is 11.3 Å². The first-order valence-corrected chi connectivity index (χ1v) is 5.63. The van der Waals surface area contributed by atoms with E-state index in [9.17, 15) is 9.59 Å². The summed E-state index contributed by atoms with van der Waals surface area (Å²) in [6, 6.07) is 0. The Hall–Kier alpha value is -1.22. The normalized spacial score (nSPS) is 14.8. The molecular formula is C12H12O2S. The summed E-state index contributed by atoms with van der Waals surface area (Å²) in [6.45, 7) is 7.42. The number of ketones is 2. The fourth-order valence-corrected chi connectivity index (χ4v) is 3.09. The first kappa shape index (κ1) is 10.3. The van der Waals surface area contributed by atoms with Crippen LogP contribution in [-0.4, -0.2) is 11.6 Å². The molecule has 2 nitrogen and oxygen atoms in total. The third kappa shape index (κ3) is 1.23. The van der Waals surface area contributed by atoms with Crippen molar-refractivity contribution in [3.05, 3.63) is 32.0 Å². The van der Waals surface area contributed by atoms with Gasteiger partial charge in [-0.15, -0.1) is 11.3 Å². The van der Waals surface area contributed by atoms with Crippen LogP contribution in [0.5, 0.6) is 0 Å². The summed E-state index contributed by atoms with van der Waals surface area (Å²) in [5.74, 6) is -0.172. The lowest BCUT2D eigenvalue weighted by molar-refractivity contribution is 0.0987. The lowest BCUT2D eigenvalue weighted by Gasteiger charge is -1.97. The number of allylic oxidation sites excluding steroid dienone is 2. The van der Waals surface area contributed by atoms with Crippen molar-refractivity contribution in [2.75, 3.05) is 0 Å². The molecule has 1 aliphatic rings. The Bertz CT molecular complexity index is 475. The van der Waals surface area contributed by atoms with Crippen molar-refractivity contribution in [3.8, 4) is 0 Å². The molecule has 0 radical (unpaired) electrons. The van der Waals surface area contributed by atoms with Gasteiger partial charge in [-0.2, -0.15) is 0 Å². The molecule has 1 aliphatic carbocycles. The second-order valence-corrected chi connectivity index (χ2v) is 5.43. The third-order valence-electron chi connectivity index (χ3n) is 2.67. The average Bonchev–Trinajstić information content (AvgIpc) is 2.52. The van der Waals surface area contributed by atoms with Gasteiger partial charge in [0.2, 0.25) is 0 Å². The molecule has 78 valence electrons. The van der Waals surface area contributed by atoms with Crippen LogP contribution in [0.15, 0.2) is 11.1 Å². The fraction of sp³-hybridized carbons (Fsp3) is 0.333. The number of carbonyl (C=O) groups excluding carboxylic acids is 2. The molecule has 1 aromatic rings. The summed E-state index contributed by atoms with van der Waals surface area (Å²) in [4.78, 5) is 25.9. The Morgan fingerprint density at radius 2 is 1.33 bits per heavy atom. The zero-order valence-electron chi connectivity index (χ0n) is 9.22. The molecule has 0 saturated heterocycles. The number of thiophene rings is 1. The van der Waals surface area contributed by atoms with Gasteiger partial charge in [-0.25, -0.2) is 0 Å². The van der Waals surface area contributed by atoms with E-state index < -0.39 is 0 Å². The Morgan fingerprint density at radius 3 is 1.67 bits per heavy atom. The lowest BCUT2D eigenvalue weighted by Crippen LogP contribution is -2.03. The zero-order chi connectivity index (χ0) is 11.3. The van der Waals surface area contributed by atoms with E-state index in [4.69, 9.17) is 0 Å². The van der Waals surface area contributed by atoms with Gasteiger partial charge >= 0.3 is 0 Å². The first-order chi connectivity index (χ1) is 6.95. The molecule has 2 rings (SSSR count). The largest absolute Gasteiger partial charge is 0.288 e. The van der Waals surface area contributed by atoms with E-state index in [1.54, 1.807) is 0 Å². The van der Waals surface area contributed by atoms with Crippen LogP contribution in [0.25, 0.3) is 0 Å². The molecule has 0 amide bonds. The summed E-state index contributed by atoms with van der Waals surface area (Å²) in [5, 5.41) is 0. The average molecular weight is 220 g/mol. The highest BCUT2D eigenvalue weighted by molar-refractivity contribution is 7.12. The van der Waals surface area contributed by atoms with Crippen LogP contribution in [0.2, 0.25) is 0 Å². The van der Waals surface area contributed by atoms with Gasteiger partial charge in [0.1, 0.15) is 0 Å². The molecule has 0 fully saturated rings. The van der Waals surface area contributed by atoms with Crippen LogP contribution < -0.4 is 0 Å². The van der Waals surface area contributed by atoms with Crippen molar-refractivity contribution in [2.24, 2.45) is 0 Å². The predicted molar refractivity (Wildman–Crippen MR) is 60.8 cm³/mol. The van der Waals surface area contributed by atoms with E-state index in [2.05, 4.69) is 0 Å². The molecule has 0 aromatic carbocycles. The van der Waals surface area contributed by atoms with Gasteiger partial charge in [0.15, 0.2) is 11.6 Å². The molecular weight excluding hydrogens is 208 g/mol. The minimum atomic E-state index is -0.0862. The molecule has 0 unspecified atom stereocenters. The Balaban J connectivity index is 2.79. The van der Waals surface area contributed by atoms with Gasteiger partial charge in [-0.1, -0.05) is 5.57 Å². The highest BCUT2D eigenvalue weighted by Gasteiger charge is 2.37. The number of hydrogen-bond acceptors (Lipinski definition) is 3. The summed E-state index contributed by atoms with van der Waals surface area (Å²) in [6.07, 6.45) is 0. The molecule has 15 heavy (non-hydrogen) atoms. The molecule has 1 aromatic heterocycles. The number of Topliss-reactive ketones (excluding diaryl/α,β-unsaturated/α-hetero) is 2. The lowest BCUT2D eigenvalue weighted by atomic mass is 10.1. The van der Waals surface area contributed by atoms with Gasteiger partial charge in [-0.05, 0) is 27.7 Å². The molecule has 0 N–H and O–H groups in total. The number of rotatable bonds is 0. The maximum absolute atomic E-state index is 12.0. The Kier molecular flexibility index (Phi) is 2.15. The van der Waals surface area contributed by atoms with Crippen LogP contribution in [0.3, 0.4) is 0 Å². The number of fused-ring (bicyclic) bond motifs is 1. The topological polar surface area (TPSA) is 34.1 Å². The van der Waals surface area contributed by atoms with Crippen molar-refractivity contribution in [3.63, 3.8) is 0 Å². The van der Waals surface area contributed by atoms with E-state index in [-0.39, 0.29) is 11.6 Å². The maximum atomic E-state index is 12.0. The fourth-order valence-electron chi connectivity index (χ4n) is 2.04. The zero-order valence-corrected chi connectivity index (χ0v) is 10.0. The smallest absolute Gasteiger partial charge is 0.198 e. The number of carbonyl (C=O) groups is 2. The van der Waals surface area contributed by atoms with E-state index in [0.29, 0.717) is 16.7 Å². The van der Waals surface area contributed by atoms with Crippen molar-refractivity contribution in [1.29, 1.82) is 0 Å². The SMILES string of the molecule is CC(C)=C1C(=O)c2c(C)sc(C)c2C1=O. The highest BCUT2D eigenvalue weighted by atomic mass is 32.1. The van der Waals surface area contributed by atoms with Gasteiger partial charge in [0.05, 0.1) is 5.57 Å². The van der Waals surface area contributed by atoms with E-state index >= 15 is 0 Å². The van der Waals surface area contributed by atoms with E-state index in [1.807, 2.05) is 27.7 Å². The molecule has 3 heteroatoms. The van der Waals surface area contributed by atoms with Gasteiger partial charge in [0, 0.05) is 20.9 Å². The van der Waals surface area contributed by atoms with Crippen molar-refractivity contribution >= 4 is 22.9 Å². The molecule has 0 spiro atoms. The van der Waals surface area contributed by atoms with Crippen molar-refractivity contribution < 1.29 is 9.59 Å².